The van der Waals surface area contributed by atoms with Crippen LogP contribution < -0.4 is 15.5 Å². The average Bonchev–Trinajstić information content (AvgIpc) is 3.60. The van der Waals surface area contributed by atoms with Crippen LogP contribution in [0.2, 0.25) is 0 Å². The van der Waals surface area contributed by atoms with Crippen molar-refractivity contribution < 1.29 is 23.2 Å². The Morgan fingerprint density at radius 3 is 2.49 bits per heavy atom. The maximum absolute atomic E-state index is 15.1. The van der Waals surface area contributed by atoms with E-state index in [1.54, 1.807) is 41.8 Å². The van der Waals surface area contributed by atoms with Gasteiger partial charge in [0.15, 0.2) is 0 Å². The number of amides is 3. The molecule has 0 aliphatic heterocycles. The van der Waals surface area contributed by atoms with E-state index >= 15 is 4.39 Å². The third kappa shape index (κ3) is 6.13. The molecule has 4 rings (SSSR count). The molecule has 1 atom stereocenters. The summed E-state index contributed by atoms with van der Waals surface area (Å²) in [5.74, 6) is -1.70. The fraction of sp³-hybridized carbons (Fsp3) is 0.179. The summed E-state index contributed by atoms with van der Waals surface area (Å²) in [6.45, 7) is 3.39. The molecular formula is C28H26FN3O4S. The number of halogens is 1. The summed E-state index contributed by atoms with van der Waals surface area (Å²) in [6.07, 6.45) is 1.48. The number of rotatable bonds is 9. The molecule has 2 N–H and O–H groups in total. The van der Waals surface area contributed by atoms with Crippen LogP contribution in [0, 0.1) is 19.7 Å². The molecule has 7 nitrogen and oxygen atoms in total. The first-order chi connectivity index (χ1) is 17.8. The number of nitrogens with one attached hydrogen (secondary N) is 2. The molecule has 0 aliphatic rings. The lowest BCUT2D eigenvalue weighted by molar-refractivity contribution is -0.126. The highest BCUT2D eigenvalue weighted by Crippen LogP contribution is 2.32. The third-order valence-corrected chi connectivity index (χ3v) is 6.62. The molecular weight excluding hydrogens is 493 g/mol. The van der Waals surface area contributed by atoms with Gasteiger partial charge in [-0.05, 0) is 55.1 Å². The van der Waals surface area contributed by atoms with Gasteiger partial charge >= 0.3 is 0 Å². The predicted molar refractivity (Wildman–Crippen MR) is 140 cm³/mol. The zero-order valence-corrected chi connectivity index (χ0v) is 21.2. The van der Waals surface area contributed by atoms with Gasteiger partial charge in [0.1, 0.15) is 17.6 Å². The van der Waals surface area contributed by atoms with Crippen molar-refractivity contribution in [2.24, 2.45) is 0 Å². The molecule has 37 heavy (non-hydrogen) atoms. The van der Waals surface area contributed by atoms with E-state index in [0.29, 0.717) is 16.3 Å². The number of hydrogen-bond donors (Lipinski definition) is 2. The van der Waals surface area contributed by atoms with Gasteiger partial charge in [-0.1, -0.05) is 42.0 Å². The van der Waals surface area contributed by atoms with E-state index in [-0.39, 0.29) is 18.7 Å². The maximum Gasteiger partial charge on any atom is 0.261 e. The number of aryl methyl sites for hydroxylation is 2. The van der Waals surface area contributed by atoms with Crippen molar-refractivity contribution in [3.8, 4) is 0 Å². The largest absolute Gasteiger partial charge is 0.467 e. The summed E-state index contributed by atoms with van der Waals surface area (Å²) in [5.41, 5.74) is 2.14. The van der Waals surface area contributed by atoms with Crippen LogP contribution in [0.15, 0.2) is 82.8 Å². The second-order valence-corrected chi connectivity index (χ2v) is 9.38. The van der Waals surface area contributed by atoms with Gasteiger partial charge in [-0.2, -0.15) is 0 Å². The standard InChI is InChI=1S/C28H26FN3O4S/c1-18-11-12-23(19(2)15-18)32(25(33)17-31-27(34)24-10-6-14-37-24)26(21-8-3-4-9-22(21)29)28(35)30-16-20-7-5-13-36-20/h3-15,26H,16-17H2,1-2H3,(H,30,35)(H,31,34)/t26-/m0/s1. The molecule has 0 aliphatic carbocycles. The number of nitrogens with zero attached hydrogens (tertiary/aromatic N) is 1. The van der Waals surface area contributed by atoms with Gasteiger partial charge < -0.3 is 15.1 Å². The van der Waals surface area contributed by atoms with Crippen LogP contribution >= 0.6 is 11.3 Å². The second-order valence-electron chi connectivity index (χ2n) is 8.43. The molecule has 3 amide bonds. The second kappa shape index (κ2) is 11.7. The SMILES string of the molecule is Cc1ccc(N(C(=O)CNC(=O)c2cccs2)[C@H](C(=O)NCc2ccco2)c2ccccc2F)c(C)c1. The van der Waals surface area contributed by atoms with Crippen LogP contribution in [0.5, 0.6) is 0 Å². The Kier molecular flexibility index (Phi) is 8.15. The van der Waals surface area contributed by atoms with E-state index < -0.39 is 29.6 Å². The number of hydrogen-bond acceptors (Lipinski definition) is 5. The molecule has 2 heterocycles. The van der Waals surface area contributed by atoms with E-state index in [2.05, 4.69) is 10.6 Å². The van der Waals surface area contributed by atoms with E-state index in [4.69, 9.17) is 4.42 Å². The van der Waals surface area contributed by atoms with Crippen molar-refractivity contribution in [3.05, 3.63) is 112 Å². The maximum atomic E-state index is 15.1. The highest BCUT2D eigenvalue weighted by molar-refractivity contribution is 7.12. The monoisotopic (exact) mass is 519 g/mol. The van der Waals surface area contributed by atoms with Crippen molar-refractivity contribution in [2.45, 2.75) is 26.4 Å². The molecule has 2 aromatic heterocycles. The molecule has 4 aromatic rings. The summed E-state index contributed by atoms with van der Waals surface area (Å²) in [4.78, 5) is 41.5. The van der Waals surface area contributed by atoms with Gasteiger partial charge in [-0.25, -0.2) is 4.39 Å². The normalized spacial score (nSPS) is 11.5. The number of thiophene rings is 1. The van der Waals surface area contributed by atoms with Gasteiger partial charge in [-0.3, -0.25) is 19.3 Å². The first kappa shape index (κ1) is 25.8. The number of benzene rings is 2. The van der Waals surface area contributed by atoms with Crippen molar-refractivity contribution >= 4 is 34.7 Å². The first-order valence-corrected chi connectivity index (χ1v) is 12.5. The van der Waals surface area contributed by atoms with Crippen molar-refractivity contribution in [1.29, 1.82) is 0 Å². The van der Waals surface area contributed by atoms with Gasteiger partial charge in [0.2, 0.25) is 11.8 Å². The van der Waals surface area contributed by atoms with Gasteiger partial charge in [0.25, 0.3) is 5.91 Å². The Hall–Kier alpha value is -4.24. The molecule has 0 saturated heterocycles. The Balaban J connectivity index is 1.72. The summed E-state index contributed by atoms with van der Waals surface area (Å²) in [7, 11) is 0. The quantitative estimate of drug-likeness (QED) is 0.329. The number of furan rings is 1. The van der Waals surface area contributed by atoms with E-state index in [9.17, 15) is 14.4 Å². The zero-order chi connectivity index (χ0) is 26.4. The molecule has 0 saturated carbocycles. The molecule has 0 bridgehead atoms. The lowest BCUT2D eigenvalue weighted by atomic mass is 10.0. The van der Waals surface area contributed by atoms with E-state index in [1.165, 1.54) is 40.7 Å². The molecule has 190 valence electrons. The molecule has 9 heteroatoms. The Bertz CT molecular complexity index is 1390. The van der Waals surface area contributed by atoms with E-state index in [0.717, 1.165) is 11.1 Å². The van der Waals surface area contributed by atoms with Crippen LogP contribution in [0.1, 0.15) is 38.2 Å². The smallest absolute Gasteiger partial charge is 0.261 e. The van der Waals surface area contributed by atoms with Crippen LogP contribution in [0.3, 0.4) is 0 Å². The van der Waals surface area contributed by atoms with Gasteiger partial charge in [0.05, 0.1) is 24.2 Å². The van der Waals surface area contributed by atoms with Gasteiger partial charge in [0, 0.05) is 11.3 Å². The fourth-order valence-electron chi connectivity index (χ4n) is 4.01. The third-order valence-electron chi connectivity index (χ3n) is 5.75. The average molecular weight is 520 g/mol. The highest BCUT2D eigenvalue weighted by atomic mass is 32.1. The minimum atomic E-state index is -1.34. The lowest BCUT2D eigenvalue weighted by Gasteiger charge is -2.33. The lowest BCUT2D eigenvalue weighted by Crippen LogP contribution is -2.48. The number of anilines is 1. The zero-order valence-electron chi connectivity index (χ0n) is 20.4. The molecule has 0 radical (unpaired) electrons. The Morgan fingerprint density at radius 1 is 1.00 bits per heavy atom. The van der Waals surface area contributed by atoms with Crippen LogP contribution in [-0.2, 0) is 16.1 Å². The topological polar surface area (TPSA) is 91.7 Å². The van der Waals surface area contributed by atoms with Crippen LogP contribution in [0.25, 0.3) is 0 Å². The summed E-state index contributed by atoms with van der Waals surface area (Å²) >= 11 is 1.25. The molecule has 0 spiro atoms. The van der Waals surface area contributed by atoms with Crippen molar-refractivity contribution in [2.75, 3.05) is 11.4 Å². The summed E-state index contributed by atoms with van der Waals surface area (Å²) < 4.78 is 20.4. The minimum Gasteiger partial charge on any atom is -0.467 e. The van der Waals surface area contributed by atoms with E-state index in [1.807, 2.05) is 26.0 Å². The number of carbonyl (C=O) groups excluding carboxylic acids is 3. The van der Waals surface area contributed by atoms with Crippen molar-refractivity contribution in [1.82, 2.24) is 10.6 Å². The predicted octanol–water partition coefficient (Wildman–Crippen LogP) is 4.92. The molecule has 0 fully saturated rings. The summed E-state index contributed by atoms with van der Waals surface area (Å²) in [6, 6.07) is 16.7. The first-order valence-electron chi connectivity index (χ1n) is 11.6. The minimum absolute atomic E-state index is 0.0253. The Morgan fingerprint density at radius 2 is 1.81 bits per heavy atom. The fourth-order valence-corrected chi connectivity index (χ4v) is 4.65. The number of carbonyl (C=O) groups is 3. The Labute approximate surface area is 217 Å². The molecule has 2 aromatic carbocycles. The van der Waals surface area contributed by atoms with Crippen LogP contribution in [-0.4, -0.2) is 24.3 Å². The van der Waals surface area contributed by atoms with Gasteiger partial charge in [-0.15, -0.1) is 11.3 Å². The highest BCUT2D eigenvalue weighted by Gasteiger charge is 2.35. The van der Waals surface area contributed by atoms with Crippen LogP contribution in [0.4, 0.5) is 10.1 Å². The van der Waals surface area contributed by atoms with Crippen molar-refractivity contribution in [3.63, 3.8) is 0 Å². The summed E-state index contributed by atoms with van der Waals surface area (Å²) in [5, 5.41) is 7.14. The molecule has 0 unspecified atom stereocenters.